The largest absolute Gasteiger partial charge is 0.379 e. The van der Waals surface area contributed by atoms with Gasteiger partial charge in [0.05, 0.1) is 24.8 Å². The fraction of sp³-hybridized carbons (Fsp3) is 0.250. The van der Waals surface area contributed by atoms with Gasteiger partial charge in [0.15, 0.2) is 5.82 Å². The molecule has 0 aliphatic carbocycles. The number of rotatable bonds is 5. The van der Waals surface area contributed by atoms with E-state index in [4.69, 9.17) is 4.74 Å². The smallest absolute Gasteiger partial charge is 0.254 e. The van der Waals surface area contributed by atoms with Crippen molar-refractivity contribution in [1.29, 1.82) is 0 Å². The molecular weight excluding hydrogens is 342 g/mol. The summed E-state index contributed by atoms with van der Waals surface area (Å²) < 4.78 is 5.59. The van der Waals surface area contributed by atoms with Crippen molar-refractivity contribution < 1.29 is 9.53 Å². The first kappa shape index (κ1) is 17.2. The summed E-state index contributed by atoms with van der Waals surface area (Å²) in [5.74, 6) is 0.578. The van der Waals surface area contributed by atoms with Crippen LogP contribution in [0.1, 0.15) is 15.9 Å². The van der Waals surface area contributed by atoms with Crippen molar-refractivity contribution in [3.8, 4) is 11.4 Å². The molecule has 2 atom stereocenters. The predicted molar refractivity (Wildman–Crippen MR) is 98.8 cm³/mol. The lowest BCUT2D eigenvalue weighted by atomic mass is 9.95. The molecule has 136 valence electrons. The van der Waals surface area contributed by atoms with Gasteiger partial charge in [0.1, 0.15) is 0 Å². The molecule has 7 heteroatoms. The molecule has 0 radical (unpaired) electrons. The van der Waals surface area contributed by atoms with E-state index in [9.17, 15) is 4.79 Å². The minimum atomic E-state index is -0.192. The lowest BCUT2D eigenvalue weighted by Gasteiger charge is -2.19. The number of ether oxygens (including phenoxy) is 1. The second kappa shape index (κ2) is 8.01. The summed E-state index contributed by atoms with van der Waals surface area (Å²) in [7, 11) is 0. The van der Waals surface area contributed by atoms with Crippen molar-refractivity contribution in [3.05, 3.63) is 72.6 Å². The Morgan fingerprint density at radius 2 is 1.85 bits per heavy atom. The number of carbonyl (C=O) groups is 1. The van der Waals surface area contributed by atoms with E-state index in [1.165, 1.54) is 5.56 Å². The molecule has 0 bridgehead atoms. The fourth-order valence-electron chi connectivity index (χ4n) is 3.12. The molecule has 0 saturated carbocycles. The highest BCUT2D eigenvalue weighted by molar-refractivity contribution is 5.94. The Morgan fingerprint density at radius 3 is 2.59 bits per heavy atom. The molecule has 1 N–H and O–H groups in total. The molecular formula is C20H19N5O2. The highest BCUT2D eigenvalue weighted by atomic mass is 16.5. The molecule has 1 aliphatic rings. The quantitative estimate of drug-likeness (QED) is 0.747. The summed E-state index contributed by atoms with van der Waals surface area (Å²) in [5, 5.41) is 3.05. The highest BCUT2D eigenvalue weighted by Gasteiger charge is 2.30. The Morgan fingerprint density at radius 1 is 1.04 bits per heavy atom. The maximum absolute atomic E-state index is 12.6. The SMILES string of the molecule is O=C(N[C@H]1COC[C@H]1Cc1ccncc1)c1cnc(-c2cccnc2)nc1. The van der Waals surface area contributed by atoms with Gasteiger partial charge < -0.3 is 10.1 Å². The van der Waals surface area contributed by atoms with E-state index in [1.807, 2.05) is 24.3 Å². The predicted octanol–water partition coefficient (Wildman–Crippen LogP) is 1.92. The van der Waals surface area contributed by atoms with E-state index >= 15 is 0 Å². The molecule has 7 nitrogen and oxygen atoms in total. The van der Waals surface area contributed by atoms with Crippen LogP contribution in [0.5, 0.6) is 0 Å². The molecule has 0 aromatic carbocycles. The van der Waals surface area contributed by atoms with Crippen LogP contribution in [0.3, 0.4) is 0 Å². The van der Waals surface area contributed by atoms with Crippen molar-refractivity contribution in [2.45, 2.75) is 12.5 Å². The van der Waals surface area contributed by atoms with Crippen molar-refractivity contribution in [2.75, 3.05) is 13.2 Å². The zero-order valence-electron chi connectivity index (χ0n) is 14.7. The minimum absolute atomic E-state index is 0.0383. The number of nitrogens with one attached hydrogen (secondary N) is 1. The van der Waals surface area contributed by atoms with Crippen LogP contribution in [-0.4, -0.2) is 45.1 Å². The summed E-state index contributed by atoms with van der Waals surface area (Å²) in [6.45, 7) is 1.14. The Labute approximate surface area is 156 Å². The number of hydrogen-bond acceptors (Lipinski definition) is 6. The molecule has 1 amide bonds. The van der Waals surface area contributed by atoms with E-state index in [1.54, 1.807) is 37.2 Å². The van der Waals surface area contributed by atoms with Crippen LogP contribution in [0, 0.1) is 5.92 Å². The topological polar surface area (TPSA) is 89.9 Å². The van der Waals surface area contributed by atoms with Gasteiger partial charge in [0, 0.05) is 48.7 Å². The Balaban J connectivity index is 1.41. The minimum Gasteiger partial charge on any atom is -0.379 e. The summed E-state index contributed by atoms with van der Waals surface area (Å²) in [4.78, 5) is 29.2. The average Bonchev–Trinajstić information content (AvgIpc) is 3.16. The van der Waals surface area contributed by atoms with Gasteiger partial charge in [-0.2, -0.15) is 0 Å². The number of hydrogen-bond donors (Lipinski definition) is 1. The molecule has 1 saturated heterocycles. The van der Waals surface area contributed by atoms with Crippen molar-refractivity contribution in [3.63, 3.8) is 0 Å². The van der Waals surface area contributed by atoms with Crippen LogP contribution in [0.15, 0.2) is 61.4 Å². The molecule has 4 rings (SSSR count). The molecule has 0 unspecified atom stereocenters. The standard InChI is InChI=1S/C20H19N5O2/c26-20(17-10-23-19(24-11-17)15-2-1-5-22-9-15)25-18-13-27-12-16(18)8-14-3-6-21-7-4-14/h1-7,9-11,16,18H,8,12-13H2,(H,25,26)/t16-,18+/m1/s1. The van der Waals surface area contributed by atoms with Gasteiger partial charge in [-0.1, -0.05) is 0 Å². The van der Waals surface area contributed by atoms with Crippen LogP contribution < -0.4 is 5.32 Å². The first-order valence-electron chi connectivity index (χ1n) is 8.79. The number of carbonyl (C=O) groups excluding carboxylic acids is 1. The van der Waals surface area contributed by atoms with E-state index in [0.717, 1.165) is 12.0 Å². The van der Waals surface area contributed by atoms with E-state index in [2.05, 4.69) is 25.3 Å². The first-order valence-corrected chi connectivity index (χ1v) is 8.79. The van der Waals surface area contributed by atoms with Crippen molar-refractivity contribution in [2.24, 2.45) is 5.92 Å². The normalized spacial score (nSPS) is 19.0. The van der Waals surface area contributed by atoms with Crippen molar-refractivity contribution >= 4 is 5.91 Å². The molecule has 4 heterocycles. The Bertz CT molecular complexity index is 887. The summed E-state index contributed by atoms with van der Waals surface area (Å²) >= 11 is 0. The number of pyridine rings is 2. The number of nitrogens with zero attached hydrogens (tertiary/aromatic N) is 4. The van der Waals surface area contributed by atoms with Gasteiger partial charge in [-0.05, 0) is 36.2 Å². The molecule has 1 aliphatic heterocycles. The Kier molecular flexibility index (Phi) is 5.11. The van der Waals surface area contributed by atoms with Crippen LogP contribution in [-0.2, 0) is 11.2 Å². The monoisotopic (exact) mass is 361 g/mol. The summed E-state index contributed by atoms with van der Waals surface area (Å²) in [5.41, 5.74) is 2.42. The third kappa shape index (κ3) is 4.15. The van der Waals surface area contributed by atoms with Crippen LogP contribution >= 0.6 is 0 Å². The van der Waals surface area contributed by atoms with E-state index < -0.39 is 0 Å². The van der Waals surface area contributed by atoms with Crippen LogP contribution in [0.25, 0.3) is 11.4 Å². The van der Waals surface area contributed by atoms with Crippen molar-refractivity contribution in [1.82, 2.24) is 25.3 Å². The number of aromatic nitrogens is 4. The van der Waals surface area contributed by atoms with Gasteiger partial charge >= 0.3 is 0 Å². The van der Waals surface area contributed by atoms with Crippen LogP contribution in [0.2, 0.25) is 0 Å². The lowest BCUT2D eigenvalue weighted by Crippen LogP contribution is -2.40. The third-order valence-electron chi connectivity index (χ3n) is 4.60. The average molecular weight is 361 g/mol. The van der Waals surface area contributed by atoms with E-state index in [0.29, 0.717) is 24.6 Å². The first-order chi connectivity index (χ1) is 13.3. The van der Waals surface area contributed by atoms with Gasteiger partial charge in [-0.3, -0.25) is 14.8 Å². The number of amides is 1. The van der Waals surface area contributed by atoms with Gasteiger partial charge in [-0.15, -0.1) is 0 Å². The third-order valence-corrected chi connectivity index (χ3v) is 4.60. The summed E-state index contributed by atoms with van der Waals surface area (Å²) in [6.07, 6.45) is 10.9. The second-order valence-corrected chi connectivity index (χ2v) is 6.47. The maximum atomic E-state index is 12.6. The molecule has 0 spiro atoms. The zero-order chi connectivity index (χ0) is 18.5. The second-order valence-electron chi connectivity index (χ2n) is 6.47. The van der Waals surface area contributed by atoms with Crippen LogP contribution in [0.4, 0.5) is 0 Å². The molecule has 27 heavy (non-hydrogen) atoms. The van der Waals surface area contributed by atoms with Gasteiger partial charge in [-0.25, -0.2) is 9.97 Å². The lowest BCUT2D eigenvalue weighted by molar-refractivity contribution is 0.0924. The van der Waals surface area contributed by atoms with Gasteiger partial charge in [0.25, 0.3) is 5.91 Å². The Hall–Kier alpha value is -3.19. The molecule has 3 aromatic heterocycles. The summed E-state index contributed by atoms with van der Waals surface area (Å²) in [6, 6.07) is 7.64. The zero-order valence-corrected chi connectivity index (χ0v) is 14.7. The highest BCUT2D eigenvalue weighted by Crippen LogP contribution is 2.19. The molecule has 3 aromatic rings. The van der Waals surface area contributed by atoms with E-state index in [-0.39, 0.29) is 17.9 Å². The molecule has 1 fully saturated rings. The maximum Gasteiger partial charge on any atom is 0.254 e. The van der Waals surface area contributed by atoms with Gasteiger partial charge in [0.2, 0.25) is 0 Å². The fourth-order valence-corrected chi connectivity index (χ4v) is 3.12.